The zero-order valence-corrected chi connectivity index (χ0v) is 14.8. The molecule has 3 aromatic rings. The summed E-state index contributed by atoms with van der Waals surface area (Å²) >= 11 is 5.82. The van der Waals surface area contributed by atoms with Gasteiger partial charge in [-0.3, -0.25) is 0 Å². The fourth-order valence-corrected chi connectivity index (χ4v) is 4.11. The van der Waals surface area contributed by atoms with Gasteiger partial charge in [-0.2, -0.15) is 13.2 Å². The van der Waals surface area contributed by atoms with E-state index in [1.807, 2.05) is 30.3 Å². The lowest BCUT2D eigenvalue weighted by Crippen LogP contribution is -2.24. The van der Waals surface area contributed by atoms with Crippen molar-refractivity contribution in [1.82, 2.24) is 4.72 Å². The van der Waals surface area contributed by atoms with Crippen molar-refractivity contribution in [2.75, 3.05) is 0 Å². The molecule has 0 atom stereocenters. The average molecular weight is 400 g/mol. The van der Waals surface area contributed by atoms with Crippen molar-refractivity contribution < 1.29 is 21.6 Å². The highest BCUT2D eigenvalue weighted by Gasteiger charge is 2.32. The lowest BCUT2D eigenvalue weighted by molar-refractivity contribution is -0.137. The van der Waals surface area contributed by atoms with Gasteiger partial charge in [0.25, 0.3) is 0 Å². The standard InChI is InChI=1S/C18H13ClF3NO2S/c19-16-9-8-14(18(20,21)22)10-17(16)26(24,25)23-11-13-6-3-5-12-4-1-2-7-15(12)13/h1-10,23H,11H2. The highest BCUT2D eigenvalue weighted by molar-refractivity contribution is 7.89. The van der Waals surface area contributed by atoms with E-state index in [9.17, 15) is 21.6 Å². The number of fused-ring (bicyclic) bond motifs is 1. The van der Waals surface area contributed by atoms with Crippen LogP contribution in [0.25, 0.3) is 10.8 Å². The number of hydrogen-bond donors (Lipinski definition) is 1. The van der Waals surface area contributed by atoms with Crippen LogP contribution in [-0.4, -0.2) is 8.42 Å². The molecule has 0 saturated carbocycles. The van der Waals surface area contributed by atoms with Crippen molar-refractivity contribution in [3.63, 3.8) is 0 Å². The molecule has 0 unspecified atom stereocenters. The Morgan fingerprint density at radius 3 is 2.38 bits per heavy atom. The molecule has 0 aliphatic heterocycles. The first kappa shape index (κ1) is 18.7. The van der Waals surface area contributed by atoms with E-state index in [1.54, 1.807) is 12.1 Å². The average Bonchev–Trinajstić information content (AvgIpc) is 2.59. The monoisotopic (exact) mass is 399 g/mol. The van der Waals surface area contributed by atoms with Crippen LogP contribution in [0.1, 0.15) is 11.1 Å². The zero-order chi connectivity index (χ0) is 18.9. The third kappa shape index (κ3) is 3.85. The first-order valence-electron chi connectivity index (χ1n) is 7.51. The van der Waals surface area contributed by atoms with Gasteiger partial charge in [-0.25, -0.2) is 13.1 Å². The Hall–Kier alpha value is -2.09. The number of hydrogen-bond acceptors (Lipinski definition) is 2. The molecule has 0 heterocycles. The minimum Gasteiger partial charge on any atom is -0.207 e. The van der Waals surface area contributed by atoms with E-state index >= 15 is 0 Å². The topological polar surface area (TPSA) is 46.2 Å². The van der Waals surface area contributed by atoms with Crippen molar-refractivity contribution in [3.05, 3.63) is 76.8 Å². The summed E-state index contributed by atoms with van der Waals surface area (Å²) in [4.78, 5) is -0.603. The Kier molecular flexibility index (Phi) is 4.96. The number of alkyl halides is 3. The van der Waals surface area contributed by atoms with Crippen LogP contribution < -0.4 is 4.72 Å². The van der Waals surface area contributed by atoms with Crippen LogP contribution in [0.15, 0.2) is 65.6 Å². The Bertz CT molecular complexity index is 1060. The molecule has 3 aromatic carbocycles. The predicted octanol–water partition coefficient (Wildman–Crippen LogP) is 4.99. The van der Waals surface area contributed by atoms with Crippen LogP contribution in [0.5, 0.6) is 0 Å². The minimum atomic E-state index is -4.66. The summed E-state index contributed by atoms with van der Waals surface area (Å²) in [5, 5.41) is 1.51. The maximum atomic E-state index is 12.9. The van der Waals surface area contributed by atoms with Crippen LogP contribution in [0.4, 0.5) is 13.2 Å². The van der Waals surface area contributed by atoms with Crippen LogP contribution in [0.2, 0.25) is 5.02 Å². The summed E-state index contributed by atoms with van der Waals surface area (Å²) in [6.07, 6.45) is -4.66. The van der Waals surface area contributed by atoms with Crippen LogP contribution >= 0.6 is 11.6 Å². The van der Waals surface area contributed by atoms with Crippen LogP contribution in [0.3, 0.4) is 0 Å². The lowest BCUT2D eigenvalue weighted by Gasteiger charge is -2.13. The molecular formula is C18H13ClF3NO2S. The molecule has 0 bridgehead atoms. The van der Waals surface area contributed by atoms with Crippen LogP contribution in [-0.2, 0) is 22.7 Å². The molecule has 136 valence electrons. The van der Waals surface area contributed by atoms with Gasteiger partial charge in [0, 0.05) is 6.54 Å². The summed E-state index contributed by atoms with van der Waals surface area (Å²) < 4.78 is 65.8. The fourth-order valence-electron chi connectivity index (χ4n) is 2.58. The Morgan fingerprint density at radius 2 is 1.65 bits per heavy atom. The summed E-state index contributed by atoms with van der Waals surface area (Å²) in [5.74, 6) is 0. The molecule has 26 heavy (non-hydrogen) atoms. The Morgan fingerprint density at radius 1 is 0.962 bits per heavy atom. The van der Waals surface area contributed by atoms with E-state index in [0.29, 0.717) is 11.6 Å². The van der Waals surface area contributed by atoms with E-state index in [2.05, 4.69) is 4.72 Å². The number of halogens is 4. The largest absolute Gasteiger partial charge is 0.416 e. The van der Waals surface area contributed by atoms with Crippen molar-refractivity contribution in [1.29, 1.82) is 0 Å². The van der Waals surface area contributed by atoms with Crippen molar-refractivity contribution in [2.45, 2.75) is 17.6 Å². The normalized spacial score (nSPS) is 12.5. The smallest absolute Gasteiger partial charge is 0.207 e. The minimum absolute atomic E-state index is 0.0732. The molecule has 0 radical (unpaired) electrons. The van der Waals surface area contributed by atoms with Crippen molar-refractivity contribution in [2.24, 2.45) is 0 Å². The van der Waals surface area contributed by atoms with Gasteiger partial charge in [-0.1, -0.05) is 54.1 Å². The van der Waals surface area contributed by atoms with E-state index in [0.717, 1.165) is 22.9 Å². The molecule has 3 rings (SSSR count). The zero-order valence-electron chi connectivity index (χ0n) is 13.2. The van der Waals surface area contributed by atoms with Gasteiger partial charge in [-0.15, -0.1) is 0 Å². The van der Waals surface area contributed by atoms with E-state index in [1.165, 1.54) is 0 Å². The molecular weight excluding hydrogens is 387 g/mol. The molecule has 0 saturated heterocycles. The second kappa shape index (κ2) is 6.90. The summed E-state index contributed by atoms with van der Waals surface area (Å²) in [6.45, 7) is -0.0732. The summed E-state index contributed by atoms with van der Waals surface area (Å²) in [6, 6.07) is 15.0. The molecule has 8 heteroatoms. The molecule has 0 fully saturated rings. The summed E-state index contributed by atoms with van der Waals surface area (Å²) in [5.41, 5.74) is -0.373. The van der Waals surface area contributed by atoms with E-state index in [-0.39, 0.29) is 11.6 Å². The number of nitrogens with one attached hydrogen (secondary N) is 1. The lowest BCUT2D eigenvalue weighted by atomic mass is 10.1. The molecule has 0 amide bonds. The maximum absolute atomic E-state index is 12.9. The quantitative estimate of drug-likeness (QED) is 0.671. The van der Waals surface area contributed by atoms with Gasteiger partial charge in [0.15, 0.2) is 0 Å². The van der Waals surface area contributed by atoms with Gasteiger partial charge < -0.3 is 0 Å². The third-order valence-electron chi connectivity index (χ3n) is 3.88. The Balaban J connectivity index is 1.92. The first-order chi connectivity index (χ1) is 12.2. The number of sulfonamides is 1. The second-order valence-corrected chi connectivity index (χ2v) is 7.75. The second-order valence-electron chi connectivity index (χ2n) is 5.61. The van der Waals surface area contributed by atoms with E-state index in [4.69, 9.17) is 11.6 Å². The van der Waals surface area contributed by atoms with E-state index < -0.39 is 26.7 Å². The predicted molar refractivity (Wildman–Crippen MR) is 94.4 cm³/mol. The Labute approximate surface area is 153 Å². The highest BCUT2D eigenvalue weighted by atomic mass is 35.5. The van der Waals surface area contributed by atoms with Gasteiger partial charge in [0.05, 0.1) is 10.6 Å². The highest BCUT2D eigenvalue weighted by Crippen LogP contribution is 2.33. The van der Waals surface area contributed by atoms with Gasteiger partial charge >= 0.3 is 6.18 Å². The molecule has 0 spiro atoms. The van der Waals surface area contributed by atoms with Gasteiger partial charge in [-0.05, 0) is 34.5 Å². The number of benzene rings is 3. The maximum Gasteiger partial charge on any atom is 0.416 e. The molecule has 1 N–H and O–H groups in total. The number of rotatable bonds is 4. The van der Waals surface area contributed by atoms with Gasteiger partial charge in [0.1, 0.15) is 4.90 Å². The van der Waals surface area contributed by atoms with Gasteiger partial charge in [0.2, 0.25) is 10.0 Å². The van der Waals surface area contributed by atoms with Crippen LogP contribution in [0, 0.1) is 0 Å². The SMILES string of the molecule is O=S(=O)(NCc1cccc2ccccc12)c1cc(C(F)(F)F)ccc1Cl. The van der Waals surface area contributed by atoms with Crippen molar-refractivity contribution in [3.8, 4) is 0 Å². The molecule has 3 nitrogen and oxygen atoms in total. The molecule has 0 aromatic heterocycles. The summed E-state index contributed by atoms with van der Waals surface area (Å²) in [7, 11) is -4.22. The fraction of sp³-hybridized carbons (Fsp3) is 0.111. The third-order valence-corrected chi connectivity index (χ3v) is 5.76. The molecule has 0 aliphatic carbocycles. The first-order valence-corrected chi connectivity index (χ1v) is 9.38. The molecule has 0 aliphatic rings. The van der Waals surface area contributed by atoms with Crippen molar-refractivity contribution >= 4 is 32.4 Å².